The standard InChI is InChI=1S/C9H16N4O2S2.HI/c1-6-5-8(7(2)16-6)17(14,15)13-4-3-12-9(10)11;/h5,13H,3-4H2,1-2H3,(H4,10,11,12);1H. The van der Waals surface area contributed by atoms with Crippen LogP contribution in [0.4, 0.5) is 0 Å². The Labute approximate surface area is 128 Å². The van der Waals surface area contributed by atoms with Crippen molar-refractivity contribution in [2.24, 2.45) is 16.5 Å². The van der Waals surface area contributed by atoms with Gasteiger partial charge in [-0.05, 0) is 19.9 Å². The van der Waals surface area contributed by atoms with Crippen molar-refractivity contribution in [3.63, 3.8) is 0 Å². The van der Waals surface area contributed by atoms with Gasteiger partial charge in [-0.2, -0.15) is 0 Å². The molecule has 0 unspecified atom stereocenters. The lowest BCUT2D eigenvalue weighted by Gasteiger charge is -2.04. The number of guanidine groups is 1. The quantitative estimate of drug-likeness (QED) is 0.288. The molecular formula is C9H17IN4O2S2. The van der Waals surface area contributed by atoms with Gasteiger partial charge in [0.25, 0.3) is 0 Å². The lowest BCUT2D eigenvalue weighted by molar-refractivity contribution is 0.582. The normalized spacial score (nSPS) is 10.8. The highest BCUT2D eigenvalue weighted by molar-refractivity contribution is 14.0. The Kier molecular flexibility index (Phi) is 7.10. The van der Waals surface area contributed by atoms with Gasteiger partial charge in [0, 0.05) is 16.3 Å². The van der Waals surface area contributed by atoms with E-state index in [2.05, 4.69) is 9.71 Å². The second-order valence-corrected chi connectivity index (χ2v) is 6.68. The predicted molar refractivity (Wildman–Crippen MR) is 85.1 cm³/mol. The molecule has 0 spiro atoms. The van der Waals surface area contributed by atoms with Gasteiger partial charge in [-0.3, -0.25) is 4.99 Å². The van der Waals surface area contributed by atoms with Crippen LogP contribution in [0.15, 0.2) is 16.0 Å². The molecule has 0 aliphatic heterocycles. The third-order valence-electron chi connectivity index (χ3n) is 1.98. The van der Waals surface area contributed by atoms with Gasteiger partial charge in [-0.1, -0.05) is 0 Å². The average Bonchev–Trinajstić information content (AvgIpc) is 2.53. The van der Waals surface area contributed by atoms with Crippen LogP contribution in [0, 0.1) is 13.8 Å². The second kappa shape index (κ2) is 7.26. The number of sulfonamides is 1. The fraction of sp³-hybridized carbons (Fsp3) is 0.444. The predicted octanol–water partition coefficient (Wildman–Crippen LogP) is 0.535. The number of rotatable bonds is 5. The average molecular weight is 404 g/mol. The van der Waals surface area contributed by atoms with Crippen LogP contribution in [0.5, 0.6) is 0 Å². The van der Waals surface area contributed by atoms with E-state index >= 15 is 0 Å². The van der Waals surface area contributed by atoms with Crippen LogP contribution in [0.1, 0.15) is 9.75 Å². The number of hydrogen-bond acceptors (Lipinski definition) is 4. The number of aliphatic imine (C=N–C) groups is 1. The van der Waals surface area contributed by atoms with Gasteiger partial charge in [-0.25, -0.2) is 13.1 Å². The minimum atomic E-state index is -3.46. The molecule has 1 rings (SSSR count). The maximum atomic E-state index is 11.9. The SMILES string of the molecule is Cc1cc(S(=O)(=O)NCCN=C(N)N)c(C)s1.I. The van der Waals surface area contributed by atoms with Gasteiger partial charge < -0.3 is 11.5 Å². The molecule has 1 aromatic rings. The van der Waals surface area contributed by atoms with E-state index in [0.717, 1.165) is 9.75 Å². The summed E-state index contributed by atoms with van der Waals surface area (Å²) >= 11 is 1.45. The van der Waals surface area contributed by atoms with Gasteiger partial charge in [-0.15, -0.1) is 35.3 Å². The molecule has 1 heterocycles. The van der Waals surface area contributed by atoms with E-state index in [-0.39, 0.29) is 43.0 Å². The second-order valence-electron chi connectivity index (χ2n) is 3.48. The number of nitrogens with two attached hydrogens (primary N) is 2. The fourth-order valence-corrected chi connectivity index (χ4v) is 3.89. The Morgan fingerprint density at radius 1 is 1.44 bits per heavy atom. The highest BCUT2D eigenvalue weighted by Crippen LogP contribution is 2.24. The van der Waals surface area contributed by atoms with Crippen molar-refractivity contribution in [2.45, 2.75) is 18.7 Å². The molecule has 0 bridgehead atoms. The maximum Gasteiger partial charge on any atom is 0.241 e. The van der Waals surface area contributed by atoms with Crippen molar-refractivity contribution in [1.82, 2.24) is 4.72 Å². The molecular weight excluding hydrogens is 387 g/mol. The summed E-state index contributed by atoms with van der Waals surface area (Å²) in [5.74, 6) is -0.0493. The lowest BCUT2D eigenvalue weighted by Crippen LogP contribution is -2.29. The Balaban J connectivity index is 0.00000289. The van der Waals surface area contributed by atoms with E-state index in [9.17, 15) is 8.42 Å². The van der Waals surface area contributed by atoms with Gasteiger partial charge >= 0.3 is 0 Å². The zero-order valence-corrected chi connectivity index (χ0v) is 14.1. The van der Waals surface area contributed by atoms with E-state index in [4.69, 9.17) is 11.5 Å². The maximum absolute atomic E-state index is 11.9. The van der Waals surface area contributed by atoms with Crippen molar-refractivity contribution < 1.29 is 8.42 Å². The van der Waals surface area contributed by atoms with Crippen LogP contribution >= 0.6 is 35.3 Å². The largest absolute Gasteiger partial charge is 0.370 e. The van der Waals surface area contributed by atoms with Crippen molar-refractivity contribution in [3.05, 3.63) is 15.8 Å². The number of aryl methyl sites for hydroxylation is 2. The minimum absolute atomic E-state index is 0. The topological polar surface area (TPSA) is 111 Å². The molecule has 18 heavy (non-hydrogen) atoms. The molecule has 104 valence electrons. The number of thiophene rings is 1. The molecule has 0 amide bonds. The van der Waals surface area contributed by atoms with Gasteiger partial charge in [0.1, 0.15) is 0 Å². The summed E-state index contributed by atoms with van der Waals surface area (Å²) in [6.07, 6.45) is 0. The zero-order chi connectivity index (χ0) is 13.1. The minimum Gasteiger partial charge on any atom is -0.370 e. The summed E-state index contributed by atoms with van der Waals surface area (Å²) in [5, 5.41) is 0. The van der Waals surface area contributed by atoms with Crippen LogP contribution in [-0.2, 0) is 10.0 Å². The number of hydrogen-bond donors (Lipinski definition) is 3. The fourth-order valence-electron chi connectivity index (χ4n) is 1.32. The Morgan fingerprint density at radius 2 is 2.06 bits per heavy atom. The van der Waals surface area contributed by atoms with Gasteiger partial charge in [0.05, 0.1) is 11.4 Å². The smallest absolute Gasteiger partial charge is 0.241 e. The van der Waals surface area contributed by atoms with Crippen molar-refractivity contribution in [1.29, 1.82) is 0 Å². The summed E-state index contributed by atoms with van der Waals surface area (Å²) in [5.41, 5.74) is 10.3. The first-order valence-corrected chi connectivity index (χ1v) is 7.25. The summed E-state index contributed by atoms with van der Waals surface area (Å²) in [7, 11) is -3.46. The van der Waals surface area contributed by atoms with Crippen LogP contribution < -0.4 is 16.2 Å². The third-order valence-corrected chi connectivity index (χ3v) is 4.67. The Morgan fingerprint density at radius 3 is 2.50 bits per heavy atom. The molecule has 6 nitrogen and oxygen atoms in total. The molecule has 9 heteroatoms. The molecule has 5 N–H and O–H groups in total. The number of nitrogens with zero attached hydrogens (tertiary/aromatic N) is 1. The van der Waals surface area contributed by atoms with Crippen LogP contribution in [0.3, 0.4) is 0 Å². The summed E-state index contributed by atoms with van der Waals surface area (Å²) < 4.78 is 26.2. The Bertz CT molecular complexity index is 521. The first-order chi connectivity index (χ1) is 7.83. The van der Waals surface area contributed by atoms with Crippen molar-refractivity contribution in [2.75, 3.05) is 13.1 Å². The van der Waals surface area contributed by atoms with E-state index in [1.807, 2.05) is 6.92 Å². The summed E-state index contributed by atoms with van der Waals surface area (Å²) in [4.78, 5) is 5.76. The molecule has 0 aliphatic carbocycles. The molecule has 0 aromatic carbocycles. The molecule has 1 aromatic heterocycles. The van der Waals surface area contributed by atoms with E-state index in [0.29, 0.717) is 4.90 Å². The molecule has 0 atom stereocenters. The molecule has 0 radical (unpaired) electrons. The zero-order valence-electron chi connectivity index (χ0n) is 10.1. The third kappa shape index (κ3) is 5.08. The highest BCUT2D eigenvalue weighted by atomic mass is 127. The highest BCUT2D eigenvalue weighted by Gasteiger charge is 2.18. The first-order valence-electron chi connectivity index (χ1n) is 4.95. The van der Waals surface area contributed by atoms with Crippen LogP contribution in [0.25, 0.3) is 0 Å². The van der Waals surface area contributed by atoms with E-state index in [1.54, 1.807) is 13.0 Å². The van der Waals surface area contributed by atoms with Gasteiger partial charge in [0.15, 0.2) is 5.96 Å². The van der Waals surface area contributed by atoms with Crippen LogP contribution in [0.2, 0.25) is 0 Å². The number of nitrogens with one attached hydrogen (secondary N) is 1. The van der Waals surface area contributed by atoms with Gasteiger partial charge in [0.2, 0.25) is 10.0 Å². The molecule has 0 fully saturated rings. The monoisotopic (exact) mass is 404 g/mol. The Hall–Kier alpha value is -0.390. The first kappa shape index (κ1) is 17.6. The summed E-state index contributed by atoms with van der Waals surface area (Å²) in [6, 6.07) is 1.66. The molecule has 0 aliphatic rings. The summed E-state index contributed by atoms with van der Waals surface area (Å²) in [6.45, 7) is 4.05. The van der Waals surface area contributed by atoms with E-state index in [1.165, 1.54) is 11.3 Å². The van der Waals surface area contributed by atoms with Crippen molar-refractivity contribution in [3.8, 4) is 0 Å². The molecule has 0 saturated heterocycles. The lowest BCUT2D eigenvalue weighted by atomic mass is 10.4. The number of halogens is 1. The van der Waals surface area contributed by atoms with Crippen molar-refractivity contribution >= 4 is 51.3 Å². The van der Waals surface area contributed by atoms with Crippen LogP contribution in [-0.4, -0.2) is 27.5 Å². The van der Waals surface area contributed by atoms with E-state index < -0.39 is 10.0 Å². The molecule has 0 saturated carbocycles.